The lowest BCUT2D eigenvalue weighted by atomic mass is 9.86. The molecule has 0 radical (unpaired) electrons. The summed E-state index contributed by atoms with van der Waals surface area (Å²) in [5, 5.41) is 0.576. The van der Waals surface area contributed by atoms with Gasteiger partial charge in [-0.15, -0.1) is 0 Å². The highest BCUT2D eigenvalue weighted by Gasteiger charge is 2.35. The van der Waals surface area contributed by atoms with Gasteiger partial charge in [0.1, 0.15) is 11.0 Å². The van der Waals surface area contributed by atoms with E-state index in [1.165, 1.54) is 0 Å². The number of aromatic nitrogens is 2. The second-order valence-electron chi connectivity index (χ2n) is 6.08. The summed E-state index contributed by atoms with van der Waals surface area (Å²) < 4.78 is 7.61. The number of ether oxygens (including phenoxy) is 1. The zero-order valence-corrected chi connectivity index (χ0v) is 13.9. The summed E-state index contributed by atoms with van der Waals surface area (Å²) in [7, 11) is 3.67. The molecule has 2 heterocycles. The third-order valence-electron chi connectivity index (χ3n) is 4.12. The number of imidazole rings is 1. The van der Waals surface area contributed by atoms with E-state index in [-0.39, 0.29) is 17.9 Å². The predicted molar refractivity (Wildman–Crippen MR) is 82.0 cm³/mol. The minimum absolute atomic E-state index is 0.0126. The van der Waals surface area contributed by atoms with Crippen molar-refractivity contribution in [3.8, 4) is 0 Å². The lowest BCUT2D eigenvalue weighted by Crippen LogP contribution is -2.44. The van der Waals surface area contributed by atoms with Crippen LogP contribution in [0.5, 0.6) is 0 Å². The smallest absolute Gasteiger partial charge is 0.228 e. The van der Waals surface area contributed by atoms with Crippen molar-refractivity contribution in [3.63, 3.8) is 0 Å². The normalized spacial score (nSPS) is 22.6. The highest BCUT2D eigenvalue weighted by atomic mass is 35.5. The van der Waals surface area contributed by atoms with E-state index in [9.17, 15) is 4.79 Å². The molecule has 0 N–H and O–H groups in total. The van der Waals surface area contributed by atoms with Crippen LogP contribution in [-0.2, 0) is 23.1 Å². The SMILES string of the molecule is CC(C)[C@@H]1OCCC[C@H]1C(=O)N(C)Cc1ncc(Cl)n1C. The van der Waals surface area contributed by atoms with Crippen molar-refractivity contribution in [1.82, 2.24) is 14.5 Å². The van der Waals surface area contributed by atoms with E-state index < -0.39 is 0 Å². The van der Waals surface area contributed by atoms with Gasteiger partial charge in [-0.1, -0.05) is 25.4 Å². The van der Waals surface area contributed by atoms with Gasteiger partial charge in [-0.3, -0.25) is 4.79 Å². The van der Waals surface area contributed by atoms with Crippen LogP contribution in [0.4, 0.5) is 0 Å². The Bertz CT molecular complexity index is 501. The molecule has 21 heavy (non-hydrogen) atoms. The largest absolute Gasteiger partial charge is 0.377 e. The first-order valence-electron chi connectivity index (χ1n) is 7.44. The standard InChI is InChI=1S/C15H24ClN3O2/c1-10(2)14-11(6-5-7-21-14)15(20)18(3)9-13-17-8-12(16)19(13)4/h8,10-11,14H,5-7,9H2,1-4H3/t11-,14+/m1/s1. The molecule has 1 saturated heterocycles. The van der Waals surface area contributed by atoms with Gasteiger partial charge in [-0.2, -0.15) is 0 Å². The summed E-state index contributed by atoms with van der Waals surface area (Å²) in [6.45, 7) is 5.43. The molecule has 0 saturated carbocycles. The number of hydrogen-bond donors (Lipinski definition) is 0. The van der Waals surface area contributed by atoms with Crippen molar-refractivity contribution in [3.05, 3.63) is 17.2 Å². The van der Waals surface area contributed by atoms with Crippen LogP contribution in [0.1, 0.15) is 32.5 Å². The Hall–Kier alpha value is -1.07. The first kappa shape index (κ1) is 16.3. The molecule has 0 aromatic carbocycles. The van der Waals surface area contributed by atoms with Crippen molar-refractivity contribution in [2.75, 3.05) is 13.7 Å². The molecule has 2 rings (SSSR count). The molecule has 2 atom stereocenters. The van der Waals surface area contributed by atoms with E-state index in [1.807, 2.05) is 14.1 Å². The number of nitrogens with zero attached hydrogens (tertiary/aromatic N) is 3. The second kappa shape index (κ2) is 6.79. The minimum atomic E-state index is -0.0560. The maximum Gasteiger partial charge on any atom is 0.228 e. The fourth-order valence-corrected chi connectivity index (χ4v) is 3.01. The van der Waals surface area contributed by atoms with Crippen LogP contribution in [-0.4, -0.2) is 40.1 Å². The highest BCUT2D eigenvalue weighted by molar-refractivity contribution is 6.29. The minimum Gasteiger partial charge on any atom is -0.377 e. The summed E-state index contributed by atoms with van der Waals surface area (Å²) >= 11 is 5.98. The lowest BCUT2D eigenvalue weighted by molar-refractivity contribution is -0.147. The van der Waals surface area contributed by atoms with Crippen LogP contribution in [0.2, 0.25) is 5.15 Å². The summed E-state index contributed by atoms with van der Waals surface area (Å²) in [5.41, 5.74) is 0. The average molecular weight is 314 g/mol. The van der Waals surface area contributed by atoms with Gasteiger partial charge in [0, 0.05) is 20.7 Å². The number of hydrogen-bond acceptors (Lipinski definition) is 3. The highest BCUT2D eigenvalue weighted by Crippen LogP contribution is 2.28. The van der Waals surface area contributed by atoms with Crippen LogP contribution in [0, 0.1) is 11.8 Å². The zero-order chi connectivity index (χ0) is 15.6. The summed E-state index contributed by atoms with van der Waals surface area (Å²) in [5.74, 6) is 1.20. The van der Waals surface area contributed by atoms with Crippen molar-refractivity contribution in [1.29, 1.82) is 0 Å². The molecular weight excluding hydrogens is 290 g/mol. The van der Waals surface area contributed by atoms with E-state index >= 15 is 0 Å². The number of amides is 1. The molecular formula is C15H24ClN3O2. The molecule has 0 bridgehead atoms. The van der Waals surface area contributed by atoms with E-state index in [4.69, 9.17) is 16.3 Å². The number of carbonyl (C=O) groups excluding carboxylic acids is 1. The average Bonchev–Trinajstić information content (AvgIpc) is 2.78. The van der Waals surface area contributed by atoms with Gasteiger partial charge in [0.2, 0.25) is 5.91 Å². The van der Waals surface area contributed by atoms with Crippen LogP contribution < -0.4 is 0 Å². The van der Waals surface area contributed by atoms with Gasteiger partial charge >= 0.3 is 0 Å². The summed E-state index contributed by atoms with van der Waals surface area (Å²) in [6, 6.07) is 0. The van der Waals surface area contributed by atoms with Crippen LogP contribution in [0.3, 0.4) is 0 Å². The van der Waals surface area contributed by atoms with Crippen molar-refractivity contribution in [2.24, 2.45) is 18.9 Å². The fraction of sp³-hybridized carbons (Fsp3) is 0.733. The topological polar surface area (TPSA) is 47.4 Å². The summed E-state index contributed by atoms with van der Waals surface area (Å²) in [6.07, 6.45) is 3.46. The van der Waals surface area contributed by atoms with Gasteiger partial charge in [-0.25, -0.2) is 4.98 Å². The van der Waals surface area contributed by atoms with Crippen LogP contribution in [0.25, 0.3) is 0 Å². The molecule has 1 aliphatic rings. The van der Waals surface area contributed by atoms with Crippen molar-refractivity contribution in [2.45, 2.75) is 39.3 Å². The van der Waals surface area contributed by atoms with Crippen molar-refractivity contribution < 1.29 is 9.53 Å². The third-order valence-corrected chi connectivity index (χ3v) is 4.47. The van der Waals surface area contributed by atoms with Gasteiger partial charge in [0.25, 0.3) is 0 Å². The number of carbonyl (C=O) groups is 1. The predicted octanol–water partition coefficient (Wildman–Crippen LogP) is 2.48. The van der Waals surface area contributed by atoms with E-state index in [0.29, 0.717) is 17.6 Å². The molecule has 0 aliphatic carbocycles. The van der Waals surface area contributed by atoms with Crippen molar-refractivity contribution >= 4 is 17.5 Å². The Labute approximate surface area is 131 Å². The van der Waals surface area contributed by atoms with Gasteiger partial charge in [0.05, 0.1) is 24.8 Å². The Morgan fingerprint density at radius 2 is 2.33 bits per heavy atom. The quantitative estimate of drug-likeness (QED) is 0.858. The van der Waals surface area contributed by atoms with Crippen LogP contribution in [0.15, 0.2) is 6.20 Å². The molecule has 0 spiro atoms. The maximum absolute atomic E-state index is 12.7. The molecule has 118 valence electrons. The Morgan fingerprint density at radius 3 is 2.90 bits per heavy atom. The monoisotopic (exact) mass is 313 g/mol. The van der Waals surface area contributed by atoms with Crippen LogP contribution >= 0.6 is 11.6 Å². The Morgan fingerprint density at radius 1 is 1.62 bits per heavy atom. The van der Waals surface area contributed by atoms with Gasteiger partial charge < -0.3 is 14.2 Å². The zero-order valence-electron chi connectivity index (χ0n) is 13.2. The molecule has 1 fully saturated rings. The second-order valence-corrected chi connectivity index (χ2v) is 6.47. The van der Waals surface area contributed by atoms with Gasteiger partial charge in [0.15, 0.2) is 0 Å². The molecule has 1 aromatic heterocycles. The molecule has 1 aromatic rings. The molecule has 6 heteroatoms. The molecule has 5 nitrogen and oxygen atoms in total. The Kier molecular flexibility index (Phi) is 5.27. The fourth-order valence-electron chi connectivity index (χ4n) is 2.87. The van der Waals surface area contributed by atoms with E-state index in [1.54, 1.807) is 15.7 Å². The molecule has 0 unspecified atom stereocenters. The lowest BCUT2D eigenvalue weighted by Gasteiger charge is -2.35. The van der Waals surface area contributed by atoms with Gasteiger partial charge in [-0.05, 0) is 18.8 Å². The number of halogens is 1. The first-order chi connectivity index (χ1) is 9.91. The molecule has 1 amide bonds. The maximum atomic E-state index is 12.7. The third kappa shape index (κ3) is 3.58. The number of rotatable bonds is 4. The van der Waals surface area contributed by atoms with E-state index in [0.717, 1.165) is 25.3 Å². The summed E-state index contributed by atoms with van der Waals surface area (Å²) in [4.78, 5) is 18.7. The Balaban J connectivity index is 2.05. The van der Waals surface area contributed by atoms with E-state index in [2.05, 4.69) is 18.8 Å². The first-order valence-corrected chi connectivity index (χ1v) is 7.82. The molecule has 1 aliphatic heterocycles.